The summed E-state index contributed by atoms with van der Waals surface area (Å²) in [5.41, 5.74) is 7.55. The molecule has 38 valence electrons. The Morgan fingerprint density at radius 2 is 2.29 bits per heavy atom. The van der Waals surface area contributed by atoms with Gasteiger partial charge in [-0.1, -0.05) is 5.11 Å². The van der Waals surface area contributed by atoms with Crippen molar-refractivity contribution in [2.45, 2.75) is 0 Å². The van der Waals surface area contributed by atoms with Gasteiger partial charge in [-0.15, -0.1) is 0 Å². The van der Waals surface area contributed by atoms with Crippen molar-refractivity contribution in [3.63, 3.8) is 0 Å². The van der Waals surface area contributed by atoms with Crippen molar-refractivity contribution in [1.82, 2.24) is 0 Å². The Balaban J connectivity index is 3.13. The van der Waals surface area contributed by atoms with Gasteiger partial charge in [-0.3, -0.25) is 0 Å². The van der Waals surface area contributed by atoms with Gasteiger partial charge >= 0.3 is 7.12 Å². The summed E-state index contributed by atoms with van der Waals surface area (Å²) in [4.78, 5) is 2.28. The second-order valence-electron chi connectivity index (χ2n) is 0.894. The first-order chi connectivity index (χ1) is 3.27. The van der Waals surface area contributed by atoms with Gasteiger partial charge in [-0.05, 0) is 5.53 Å². The maximum atomic E-state index is 7.97. The van der Waals surface area contributed by atoms with Crippen LogP contribution in [0.15, 0.2) is 5.11 Å². The van der Waals surface area contributed by atoms with Crippen molar-refractivity contribution in [2.75, 3.05) is 6.44 Å². The van der Waals surface area contributed by atoms with Gasteiger partial charge in [-0.2, -0.15) is 0 Å². The fourth-order valence-electron chi connectivity index (χ4n) is 0.110. The number of azide groups is 1. The summed E-state index contributed by atoms with van der Waals surface area (Å²) >= 11 is 0. The van der Waals surface area contributed by atoms with E-state index in [0.717, 1.165) is 0 Å². The molecule has 0 aliphatic carbocycles. The van der Waals surface area contributed by atoms with E-state index in [1.807, 2.05) is 0 Å². The van der Waals surface area contributed by atoms with Gasteiger partial charge in [0, 0.05) is 4.91 Å². The highest BCUT2D eigenvalue weighted by atomic mass is 16.4. The zero-order chi connectivity index (χ0) is 5.70. The molecule has 5 nitrogen and oxygen atoms in total. The molecule has 2 N–H and O–H groups in total. The van der Waals surface area contributed by atoms with Gasteiger partial charge in [0.2, 0.25) is 0 Å². The van der Waals surface area contributed by atoms with Crippen molar-refractivity contribution >= 4 is 7.12 Å². The molecule has 0 fully saturated rings. The van der Waals surface area contributed by atoms with E-state index in [2.05, 4.69) is 10.0 Å². The summed E-state index contributed by atoms with van der Waals surface area (Å²) in [6, 6.07) is 0. The molecule has 0 saturated heterocycles. The smallest absolute Gasteiger partial charge is 0.427 e. The lowest BCUT2D eigenvalue weighted by atomic mass is 9.93. The average molecular weight is 101 g/mol. The Hall–Kier alpha value is -0.705. The van der Waals surface area contributed by atoms with Crippen molar-refractivity contribution in [3.8, 4) is 0 Å². The van der Waals surface area contributed by atoms with Crippen LogP contribution in [-0.2, 0) is 0 Å². The van der Waals surface area contributed by atoms with Gasteiger partial charge in [0.15, 0.2) is 0 Å². The Morgan fingerprint density at radius 3 is 2.43 bits per heavy atom. The molecule has 0 aromatic carbocycles. The van der Waals surface area contributed by atoms with Gasteiger partial charge in [0.1, 0.15) is 0 Å². The highest BCUT2D eigenvalue weighted by Crippen LogP contribution is 1.70. The number of rotatable bonds is 2. The summed E-state index contributed by atoms with van der Waals surface area (Å²) in [6.07, 6.45) is -0.281. The van der Waals surface area contributed by atoms with Gasteiger partial charge in [0.25, 0.3) is 0 Å². The minimum atomic E-state index is -1.52. The number of nitrogens with zero attached hydrogens (tertiary/aromatic N) is 3. The lowest BCUT2D eigenvalue weighted by Crippen LogP contribution is -2.14. The van der Waals surface area contributed by atoms with Crippen LogP contribution in [-0.4, -0.2) is 23.6 Å². The standard InChI is InChI=1S/CH4BN3O2/c3-5-4-1-2(6)7/h6-7H,1H2. The van der Waals surface area contributed by atoms with Crippen LogP contribution in [0.5, 0.6) is 0 Å². The Labute approximate surface area is 40.4 Å². The molecular weight excluding hydrogens is 96.8 g/mol. The Kier molecular flexibility index (Phi) is 3.13. The second-order valence-corrected chi connectivity index (χ2v) is 0.894. The molecule has 0 saturated carbocycles. The SMILES string of the molecule is [N-]=[N+]=NCB(O)O. The molecule has 0 aromatic heterocycles. The molecule has 0 spiro atoms. The molecule has 0 aliphatic rings. The third-order valence-electron chi connectivity index (χ3n) is 0.308. The summed E-state index contributed by atoms with van der Waals surface area (Å²) in [5, 5.41) is 18.8. The van der Waals surface area contributed by atoms with E-state index in [-0.39, 0.29) is 6.44 Å². The fraction of sp³-hybridized carbons (Fsp3) is 1.00. The average Bonchev–Trinajstić information content (AvgIpc) is 1.61. The third kappa shape index (κ3) is 5.29. The van der Waals surface area contributed by atoms with E-state index in [1.165, 1.54) is 0 Å². The largest absolute Gasteiger partial charge is 0.457 e. The topological polar surface area (TPSA) is 89.2 Å². The fourth-order valence-corrected chi connectivity index (χ4v) is 0.110. The lowest BCUT2D eigenvalue weighted by molar-refractivity contribution is 0.408. The van der Waals surface area contributed by atoms with Gasteiger partial charge < -0.3 is 10.0 Å². The summed E-state index contributed by atoms with van der Waals surface area (Å²) in [7, 11) is -1.52. The normalized spacial score (nSPS) is 7.14. The van der Waals surface area contributed by atoms with E-state index >= 15 is 0 Å². The zero-order valence-electron chi connectivity index (χ0n) is 3.52. The molecule has 0 aliphatic heterocycles. The van der Waals surface area contributed by atoms with Crippen LogP contribution < -0.4 is 0 Å². The molecule has 0 aromatic rings. The van der Waals surface area contributed by atoms with Crippen molar-refractivity contribution in [1.29, 1.82) is 0 Å². The van der Waals surface area contributed by atoms with E-state index in [1.54, 1.807) is 0 Å². The monoisotopic (exact) mass is 101 g/mol. The third-order valence-corrected chi connectivity index (χ3v) is 0.308. The van der Waals surface area contributed by atoms with Crippen LogP contribution in [0.2, 0.25) is 0 Å². The van der Waals surface area contributed by atoms with Crippen molar-refractivity contribution in [2.24, 2.45) is 5.11 Å². The van der Waals surface area contributed by atoms with E-state index < -0.39 is 7.12 Å². The highest BCUT2D eigenvalue weighted by molar-refractivity contribution is 6.41. The van der Waals surface area contributed by atoms with Crippen LogP contribution in [0.3, 0.4) is 0 Å². The lowest BCUT2D eigenvalue weighted by Gasteiger charge is -1.82. The Morgan fingerprint density at radius 1 is 1.71 bits per heavy atom. The Bertz CT molecular complexity index is 86.9. The van der Waals surface area contributed by atoms with Crippen LogP contribution in [0.1, 0.15) is 0 Å². The minimum Gasteiger partial charge on any atom is -0.427 e. The summed E-state index contributed by atoms with van der Waals surface area (Å²) in [6.45, 7) is 0. The maximum absolute atomic E-state index is 7.97. The van der Waals surface area contributed by atoms with E-state index in [9.17, 15) is 0 Å². The van der Waals surface area contributed by atoms with Gasteiger partial charge in [-0.25, -0.2) is 0 Å². The molecular formula is CH4BN3O2. The number of hydrogen-bond donors (Lipinski definition) is 2. The first-order valence-corrected chi connectivity index (χ1v) is 1.64. The quantitative estimate of drug-likeness (QED) is 0.208. The maximum Gasteiger partial charge on any atom is 0.457 e. The molecule has 7 heavy (non-hydrogen) atoms. The molecule has 0 bridgehead atoms. The number of hydrogen-bond acceptors (Lipinski definition) is 3. The van der Waals surface area contributed by atoms with Crippen LogP contribution in [0.25, 0.3) is 10.4 Å². The second kappa shape index (κ2) is 3.48. The zero-order valence-corrected chi connectivity index (χ0v) is 3.52. The van der Waals surface area contributed by atoms with Gasteiger partial charge in [0.05, 0.1) is 6.44 Å². The molecule has 0 radical (unpaired) electrons. The minimum absolute atomic E-state index is 0.281. The molecule has 0 unspecified atom stereocenters. The molecule has 6 heteroatoms. The molecule has 0 rings (SSSR count). The predicted octanol–water partition coefficient (Wildman–Crippen LogP) is -0.691. The van der Waals surface area contributed by atoms with E-state index in [4.69, 9.17) is 15.6 Å². The predicted molar refractivity (Wildman–Crippen MR) is 24.2 cm³/mol. The van der Waals surface area contributed by atoms with Crippen molar-refractivity contribution < 1.29 is 10.0 Å². The summed E-state index contributed by atoms with van der Waals surface area (Å²) in [5.74, 6) is 0. The van der Waals surface area contributed by atoms with E-state index in [0.29, 0.717) is 0 Å². The van der Waals surface area contributed by atoms with Crippen LogP contribution in [0, 0.1) is 0 Å². The summed E-state index contributed by atoms with van der Waals surface area (Å²) < 4.78 is 0. The highest BCUT2D eigenvalue weighted by Gasteiger charge is 2.00. The molecule has 0 heterocycles. The first kappa shape index (κ1) is 6.29. The first-order valence-electron chi connectivity index (χ1n) is 1.64. The molecule has 0 amide bonds. The van der Waals surface area contributed by atoms with Crippen LogP contribution >= 0.6 is 0 Å². The molecule has 0 atom stereocenters. The van der Waals surface area contributed by atoms with Crippen LogP contribution in [0.4, 0.5) is 0 Å². The van der Waals surface area contributed by atoms with Crippen molar-refractivity contribution in [3.05, 3.63) is 10.4 Å².